The molecule has 0 radical (unpaired) electrons. The van der Waals surface area contributed by atoms with Crippen LogP contribution in [0.25, 0.3) is 0 Å². The maximum Gasteiger partial charge on any atom is 0.0722 e. The molecule has 0 aliphatic rings. The maximum atomic E-state index is 9.02. The number of hydrogen-bond donors (Lipinski definition) is 1. The van der Waals surface area contributed by atoms with Crippen LogP contribution in [0.3, 0.4) is 0 Å². The van der Waals surface area contributed by atoms with E-state index in [9.17, 15) is 0 Å². The first-order chi connectivity index (χ1) is 4.68. The average Bonchev–Trinajstić information content (AvgIpc) is 1.88. The van der Waals surface area contributed by atoms with E-state index in [0.29, 0.717) is 0 Å². The van der Waals surface area contributed by atoms with Crippen LogP contribution in [0.1, 0.15) is 27.2 Å². The van der Waals surface area contributed by atoms with Crippen molar-refractivity contribution in [3.8, 4) is 0 Å². The third-order valence-electron chi connectivity index (χ3n) is 1.39. The summed E-state index contributed by atoms with van der Waals surface area (Å²) in [5.41, 5.74) is 1.00. The van der Waals surface area contributed by atoms with Gasteiger partial charge in [-0.15, -0.1) is 0 Å². The highest BCUT2D eigenvalue weighted by molar-refractivity contribution is 5.12. The van der Waals surface area contributed by atoms with E-state index in [2.05, 4.69) is 13.0 Å². The number of rotatable bonds is 3. The van der Waals surface area contributed by atoms with Crippen molar-refractivity contribution < 1.29 is 5.11 Å². The summed E-state index contributed by atoms with van der Waals surface area (Å²) in [6.45, 7) is 5.78. The molecule has 0 saturated carbocycles. The first-order valence-corrected chi connectivity index (χ1v) is 3.69. The highest BCUT2D eigenvalue weighted by Gasteiger charge is 1.93. The third kappa shape index (κ3) is 4.33. The van der Waals surface area contributed by atoms with Gasteiger partial charge < -0.3 is 5.11 Å². The SMILES string of the molecule is CCC=CC=C(C)C(C)O. The summed E-state index contributed by atoms with van der Waals surface area (Å²) in [4.78, 5) is 0. The first kappa shape index (κ1) is 9.44. The molecule has 0 heterocycles. The Labute approximate surface area is 63.1 Å². The van der Waals surface area contributed by atoms with Crippen LogP contribution in [0.4, 0.5) is 0 Å². The fourth-order valence-corrected chi connectivity index (χ4v) is 0.495. The molecule has 1 nitrogen and oxygen atoms in total. The highest BCUT2D eigenvalue weighted by atomic mass is 16.3. The Bertz CT molecular complexity index is 132. The topological polar surface area (TPSA) is 20.2 Å². The quantitative estimate of drug-likeness (QED) is 0.596. The second kappa shape index (κ2) is 5.24. The predicted octanol–water partition coefficient (Wildman–Crippen LogP) is 2.28. The van der Waals surface area contributed by atoms with Crippen LogP contribution in [0.2, 0.25) is 0 Å². The van der Waals surface area contributed by atoms with Crippen molar-refractivity contribution in [3.05, 3.63) is 23.8 Å². The highest BCUT2D eigenvalue weighted by Crippen LogP contribution is 1.99. The molecule has 1 heteroatoms. The average molecular weight is 140 g/mol. The molecule has 0 fully saturated rings. The van der Waals surface area contributed by atoms with Crippen LogP contribution in [0.5, 0.6) is 0 Å². The van der Waals surface area contributed by atoms with E-state index in [1.165, 1.54) is 0 Å². The van der Waals surface area contributed by atoms with E-state index in [1.807, 2.05) is 19.1 Å². The summed E-state index contributed by atoms with van der Waals surface area (Å²) in [6, 6.07) is 0. The molecule has 0 rings (SSSR count). The van der Waals surface area contributed by atoms with Crippen LogP contribution >= 0.6 is 0 Å². The van der Waals surface area contributed by atoms with Crippen molar-refractivity contribution in [1.82, 2.24) is 0 Å². The van der Waals surface area contributed by atoms with Crippen molar-refractivity contribution >= 4 is 0 Å². The van der Waals surface area contributed by atoms with Crippen molar-refractivity contribution in [2.75, 3.05) is 0 Å². The normalized spacial score (nSPS) is 16.2. The lowest BCUT2D eigenvalue weighted by Crippen LogP contribution is -1.99. The molecule has 0 aromatic heterocycles. The van der Waals surface area contributed by atoms with Crippen LogP contribution in [-0.2, 0) is 0 Å². The fourth-order valence-electron chi connectivity index (χ4n) is 0.495. The summed E-state index contributed by atoms with van der Waals surface area (Å²) < 4.78 is 0. The first-order valence-electron chi connectivity index (χ1n) is 3.69. The van der Waals surface area contributed by atoms with Crippen molar-refractivity contribution in [1.29, 1.82) is 0 Å². The van der Waals surface area contributed by atoms with Crippen LogP contribution < -0.4 is 0 Å². The molecule has 0 bridgehead atoms. The predicted molar refractivity (Wildman–Crippen MR) is 44.9 cm³/mol. The van der Waals surface area contributed by atoms with Gasteiger partial charge in [-0.25, -0.2) is 0 Å². The Morgan fingerprint density at radius 3 is 2.60 bits per heavy atom. The Morgan fingerprint density at radius 1 is 1.60 bits per heavy atom. The zero-order valence-corrected chi connectivity index (χ0v) is 6.96. The number of aliphatic hydroxyl groups excluding tert-OH is 1. The molecule has 0 aromatic carbocycles. The van der Waals surface area contributed by atoms with E-state index in [1.54, 1.807) is 6.92 Å². The maximum absolute atomic E-state index is 9.02. The standard InChI is InChI=1S/C9H16O/c1-4-5-6-7-8(2)9(3)10/h5-7,9-10H,4H2,1-3H3. The minimum absolute atomic E-state index is 0.318. The zero-order chi connectivity index (χ0) is 7.98. The molecule has 58 valence electrons. The van der Waals surface area contributed by atoms with Gasteiger partial charge in [-0.05, 0) is 25.8 Å². The van der Waals surface area contributed by atoms with Gasteiger partial charge in [-0.2, -0.15) is 0 Å². The van der Waals surface area contributed by atoms with E-state index in [4.69, 9.17) is 5.11 Å². The zero-order valence-electron chi connectivity index (χ0n) is 6.96. The van der Waals surface area contributed by atoms with Gasteiger partial charge in [-0.3, -0.25) is 0 Å². The number of aliphatic hydroxyl groups is 1. The monoisotopic (exact) mass is 140 g/mol. The smallest absolute Gasteiger partial charge is 0.0722 e. The van der Waals surface area contributed by atoms with Crippen LogP contribution in [-0.4, -0.2) is 11.2 Å². The second-order valence-electron chi connectivity index (χ2n) is 2.42. The molecule has 0 aliphatic carbocycles. The van der Waals surface area contributed by atoms with Crippen molar-refractivity contribution in [3.63, 3.8) is 0 Å². The molecule has 1 unspecified atom stereocenters. The summed E-state index contributed by atoms with van der Waals surface area (Å²) >= 11 is 0. The van der Waals surface area contributed by atoms with E-state index >= 15 is 0 Å². The fraction of sp³-hybridized carbons (Fsp3) is 0.556. The van der Waals surface area contributed by atoms with Gasteiger partial charge in [0.1, 0.15) is 0 Å². The molecular formula is C9H16O. The molecule has 10 heavy (non-hydrogen) atoms. The summed E-state index contributed by atoms with van der Waals surface area (Å²) in [5.74, 6) is 0. The van der Waals surface area contributed by atoms with Gasteiger partial charge in [0.2, 0.25) is 0 Å². The van der Waals surface area contributed by atoms with Gasteiger partial charge in [-0.1, -0.05) is 25.2 Å². The van der Waals surface area contributed by atoms with Gasteiger partial charge in [0.15, 0.2) is 0 Å². The second-order valence-corrected chi connectivity index (χ2v) is 2.42. The Balaban J connectivity index is 3.79. The van der Waals surface area contributed by atoms with Crippen molar-refractivity contribution in [2.45, 2.75) is 33.3 Å². The molecule has 0 aromatic rings. The van der Waals surface area contributed by atoms with Crippen LogP contribution in [0, 0.1) is 0 Å². The van der Waals surface area contributed by atoms with Gasteiger partial charge in [0.25, 0.3) is 0 Å². The molecule has 1 N–H and O–H groups in total. The van der Waals surface area contributed by atoms with Crippen LogP contribution in [0.15, 0.2) is 23.8 Å². The lowest BCUT2D eigenvalue weighted by Gasteiger charge is -2.00. The Hall–Kier alpha value is -0.560. The van der Waals surface area contributed by atoms with E-state index < -0.39 is 0 Å². The molecule has 0 spiro atoms. The lowest BCUT2D eigenvalue weighted by atomic mass is 10.2. The van der Waals surface area contributed by atoms with Gasteiger partial charge >= 0.3 is 0 Å². The minimum atomic E-state index is -0.318. The molecule has 0 saturated heterocycles. The summed E-state index contributed by atoms with van der Waals surface area (Å²) in [6.07, 6.45) is 6.70. The van der Waals surface area contributed by atoms with Crippen molar-refractivity contribution in [2.24, 2.45) is 0 Å². The van der Waals surface area contributed by atoms with Gasteiger partial charge in [0.05, 0.1) is 6.10 Å². The summed E-state index contributed by atoms with van der Waals surface area (Å²) in [7, 11) is 0. The minimum Gasteiger partial charge on any atom is -0.389 e. The number of allylic oxidation sites excluding steroid dienone is 3. The van der Waals surface area contributed by atoms with E-state index in [-0.39, 0.29) is 6.10 Å². The van der Waals surface area contributed by atoms with E-state index in [0.717, 1.165) is 12.0 Å². The Morgan fingerprint density at radius 2 is 2.20 bits per heavy atom. The Kier molecular flexibility index (Phi) is 4.95. The summed E-state index contributed by atoms with van der Waals surface area (Å²) in [5, 5.41) is 9.02. The largest absolute Gasteiger partial charge is 0.389 e. The molecule has 0 amide bonds. The van der Waals surface area contributed by atoms with Gasteiger partial charge in [0, 0.05) is 0 Å². The third-order valence-corrected chi connectivity index (χ3v) is 1.39. The lowest BCUT2D eigenvalue weighted by molar-refractivity contribution is 0.231. The molecule has 1 atom stereocenters. The molecular weight excluding hydrogens is 124 g/mol. The number of hydrogen-bond acceptors (Lipinski definition) is 1. The molecule has 0 aliphatic heterocycles.